The molecule has 0 unspecified atom stereocenters. The van der Waals surface area contributed by atoms with Crippen molar-refractivity contribution in [2.75, 3.05) is 18.2 Å². The Morgan fingerprint density at radius 1 is 1.67 bits per heavy atom. The van der Waals surface area contributed by atoms with Crippen LogP contribution in [-0.2, 0) is 4.79 Å². The van der Waals surface area contributed by atoms with E-state index in [4.69, 9.17) is 16.7 Å². The molecule has 0 bridgehead atoms. The molecule has 84 valence electrons. The average molecular weight is 251 g/mol. The molecule has 0 spiro atoms. The summed E-state index contributed by atoms with van der Waals surface area (Å²) < 4.78 is 0. The minimum atomic E-state index is -0.986. The van der Waals surface area contributed by atoms with Crippen molar-refractivity contribution in [1.29, 1.82) is 0 Å². The topological polar surface area (TPSA) is 69.6 Å². The second-order valence-corrected chi connectivity index (χ2v) is 4.53. The van der Waals surface area contributed by atoms with Gasteiger partial charge in [-0.25, -0.2) is 9.59 Å². The van der Waals surface area contributed by atoms with E-state index >= 15 is 0 Å². The Labute approximate surface area is 96.5 Å². The third-order valence-electron chi connectivity index (χ3n) is 1.86. The summed E-state index contributed by atoms with van der Waals surface area (Å²) in [6, 6.07) is -1.17. The molecule has 5 nitrogen and oxygen atoms in total. The van der Waals surface area contributed by atoms with E-state index < -0.39 is 18.0 Å². The smallest absolute Gasteiger partial charge is 0.327 e. The number of carboxylic acid groups (broad SMARTS) is 1. The fourth-order valence-corrected chi connectivity index (χ4v) is 2.33. The fraction of sp³-hybridized carbons (Fsp3) is 0.500. The van der Waals surface area contributed by atoms with Gasteiger partial charge in [0.2, 0.25) is 0 Å². The highest BCUT2D eigenvalue weighted by atomic mass is 35.5. The molecule has 0 aromatic rings. The number of rotatable bonds is 3. The van der Waals surface area contributed by atoms with Crippen LogP contribution in [0.15, 0.2) is 11.6 Å². The minimum absolute atomic E-state index is 0.147. The monoisotopic (exact) mass is 250 g/mol. The van der Waals surface area contributed by atoms with Crippen molar-refractivity contribution in [1.82, 2.24) is 10.2 Å². The number of carbonyl (C=O) groups excluding carboxylic acids is 1. The van der Waals surface area contributed by atoms with Gasteiger partial charge in [-0.15, -0.1) is 11.8 Å². The van der Waals surface area contributed by atoms with Crippen LogP contribution in [0.3, 0.4) is 0 Å². The Morgan fingerprint density at radius 3 is 2.87 bits per heavy atom. The first kappa shape index (κ1) is 12.2. The molecular weight excluding hydrogens is 240 g/mol. The lowest BCUT2D eigenvalue weighted by atomic mass is 10.3. The summed E-state index contributed by atoms with van der Waals surface area (Å²) >= 11 is 6.89. The van der Waals surface area contributed by atoms with E-state index in [1.165, 1.54) is 16.7 Å². The minimum Gasteiger partial charge on any atom is -0.480 e. The van der Waals surface area contributed by atoms with Gasteiger partial charge in [-0.2, -0.15) is 0 Å². The molecule has 0 aromatic heterocycles. The van der Waals surface area contributed by atoms with Crippen molar-refractivity contribution in [3.63, 3.8) is 0 Å². The predicted octanol–water partition coefficient (Wildman–Crippen LogP) is 0.908. The average Bonchev–Trinajstić information content (AvgIpc) is 2.62. The summed E-state index contributed by atoms with van der Waals surface area (Å²) in [7, 11) is 0. The first-order valence-corrected chi connectivity index (χ1v) is 5.74. The van der Waals surface area contributed by atoms with E-state index in [-0.39, 0.29) is 6.54 Å². The second-order valence-electron chi connectivity index (χ2n) is 3.00. The number of urea groups is 1. The van der Waals surface area contributed by atoms with E-state index in [0.717, 1.165) is 0 Å². The number of carboxylic acids is 1. The fourth-order valence-electron chi connectivity index (χ4n) is 1.12. The maximum Gasteiger partial charge on any atom is 0.327 e. The third-order valence-corrected chi connectivity index (χ3v) is 3.01. The zero-order valence-electron chi connectivity index (χ0n) is 7.90. The molecule has 0 radical (unpaired) electrons. The van der Waals surface area contributed by atoms with Gasteiger partial charge < -0.3 is 15.3 Å². The van der Waals surface area contributed by atoms with E-state index in [9.17, 15) is 9.59 Å². The largest absolute Gasteiger partial charge is 0.480 e. The molecule has 1 saturated heterocycles. The van der Waals surface area contributed by atoms with Crippen molar-refractivity contribution in [2.45, 2.75) is 6.04 Å². The number of hydrogen-bond acceptors (Lipinski definition) is 3. The number of nitrogens with one attached hydrogen (secondary N) is 1. The van der Waals surface area contributed by atoms with E-state index in [2.05, 4.69) is 11.9 Å². The highest BCUT2D eigenvalue weighted by Crippen LogP contribution is 2.20. The van der Waals surface area contributed by atoms with Crippen LogP contribution in [0.5, 0.6) is 0 Å². The van der Waals surface area contributed by atoms with Gasteiger partial charge in [0, 0.05) is 10.8 Å². The number of nitrogens with zero attached hydrogens (tertiary/aromatic N) is 1. The maximum absolute atomic E-state index is 11.5. The van der Waals surface area contributed by atoms with Crippen LogP contribution in [0.25, 0.3) is 0 Å². The van der Waals surface area contributed by atoms with Crippen LogP contribution in [0.1, 0.15) is 0 Å². The van der Waals surface area contributed by atoms with Crippen LogP contribution >= 0.6 is 23.4 Å². The number of halogens is 1. The predicted molar refractivity (Wildman–Crippen MR) is 59.0 cm³/mol. The quantitative estimate of drug-likeness (QED) is 0.781. The first-order chi connectivity index (χ1) is 7.02. The number of thioether (sulfide) groups is 1. The Bertz CT molecular complexity index is 298. The third kappa shape index (κ3) is 3.32. The van der Waals surface area contributed by atoms with Crippen LogP contribution < -0.4 is 5.32 Å². The molecule has 1 fully saturated rings. The van der Waals surface area contributed by atoms with Gasteiger partial charge in [0.25, 0.3) is 0 Å². The Morgan fingerprint density at radius 2 is 2.33 bits per heavy atom. The number of carbonyl (C=O) groups is 2. The molecule has 7 heteroatoms. The number of amides is 2. The SMILES string of the molecule is C=C(Cl)CNC(=O)N1CSC[C@H]1C(=O)O. The molecule has 1 heterocycles. The zero-order chi connectivity index (χ0) is 11.4. The summed E-state index contributed by atoms with van der Waals surface area (Å²) in [5.41, 5.74) is 0. The lowest BCUT2D eigenvalue weighted by molar-refractivity contribution is -0.140. The second kappa shape index (κ2) is 5.27. The lowest BCUT2D eigenvalue weighted by Crippen LogP contribution is -2.47. The van der Waals surface area contributed by atoms with E-state index in [1.54, 1.807) is 0 Å². The van der Waals surface area contributed by atoms with Crippen LogP contribution in [0, 0.1) is 0 Å². The normalized spacial score (nSPS) is 20.1. The van der Waals surface area contributed by atoms with E-state index in [0.29, 0.717) is 16.7 Å². The van der Waals surface area contributed by atoms with Crippen LogP contribution in [-0.4, -0.2) is 46.2 Å². The van der Waals surface area contributed by atoms with Gasteiger partial charge in [-0.1, -0.05) is 18.2 Å². The molecule has 2 amide bonds. The van der Waals surface area contributed by atoms with Crippen molar-refractivity contribution in [2.24, 2.45) is 0 Å². The molecule has 1 rings (SSSR count). The maximum atomic E-state index is 11.5. The summed E-state index contributed by atoms with van der Waals surface area (Å²) in [4.78, 5) is 23.5. The van der Waals surface area contributed by atoms with Gasteiger partial charge in [-0.3, -0.25) is 0 Å². The number of aliphatic carboxylic acids is 1. The van der Waals surface area contributed by atoms with Gasteiger partial charge in [0.1, 0.15) is 6.04 Å². The van der Waals surface area contributed by atoms with Gasteiger partial charge in [0.15, 0.2) is 0 Å². The molecule has 0 saturated carbocycles. The van der Waals surface area contributed by atoms with Gasteiger partial charge >= 0.3 is 12.0 Å². The Hall–Kier alpha value is -0.880. The molecule has 1 aliphatic rings. The Kier molecular flexibility index (Phi) is 4.28. The summed E-state index contributed by atoms with van der Waals surface area (Å²) in [5.74, 6) is -0.179. The summed E-state index contributed by atoms with van der Waals surface area (Å²) in [6.45, 7) is 3.57. The molecule has 1 aliphatic heterocycles. The molecule has 0 aliphatic carbocycles. The molecular formula is C8H11ClN2O3S. The molecule has 1 atom stereocenters. The molecule has 15 heavy (non-hydrogen) atoms. The van der Waals surface area contributed by atoms with Crippen molar-refractivity contribution in [3.05, 3.63) is 11.6 Å². The number of hydrogen-bond donors (Lipinski definition) is 2. The van der Waals surface area contributed by atoms with Gasteiger partial charge in [-0.05, 0) is 0 Å². The highest BCUT2D eigenvalue weighted by molar-refractivity contribution is 7.99. The van der Waals surface area contributed by atoms with Crippen molar-refractivity contribution >= 4 is 35.4 Å². The standard InChI is InChI=1S/C8H11ClN2O3S/c1-5(9)2-10-8(14)11-4-15-3-6(11)7(12)13/h6H,1-4H2,(H,10,14)(H,12,13)/t6-/m0/s1. The van der Waals surface area contributed by atoms with E-state index in [1.807, 2.05) is 0 Å². The summed E-state index contributed by atoms with van der Waals surface area (Å²) in [5, 5.41) is 11.6. The van der Waals surface area contributed by atoms with Crippen molar-refractivity contribution < 1.29 is 14.7 Å². The van der Waals surface area contributed by atoms with Crippen LogP contribution in [0.2, 0.25) is 0 Å². The van der Waals surface area contributed by atoms with Crippen LogP contribution in [0.4, 0.5) is 4.79 Å². The summed E-state index contributed by atoms with van der Waals surface area (Å²) in [6.07, 6.45) is 0. The first-order valence-electron chi connectivity index (χ1n) is 4.20. The zero-order valence-corrected chi connectivity index (χ0v) is 9.48. The van der Waals surface area contributed by atoms with Crippen molar-refractivity contribution in [3.8, 4) is 0 Å². The Balaban J connectivity index is 2.51. The molecule has 0 aromatic carbocycles. The molecule has 2 N–H and O–H groups in total. The lowest BCUT2D eigenvalue weighted by Gasteiger charge is -2.20. The highest BCUT2D eigenvalue weighted by Gasteiger charge is 2.34. The van der Waals surface area contributed by atoms with Gasteiger partial charge in [0.05, 0.1) is 12.4 Å².